The van der Waals surface area contributed by atoms with Crippen LogP contribution in [0.2, 0.25) is 5.02 Å². The molecule has 0 bridgehead atoms. The fourth-order valence-electron chi connectivity index (χ4n) is 2.32. The van der Waals surface area contributed by atoms with Crippen LogP contribution < -0.4 is 10.2 Å². The Bertz CT molecular complexity index is 876. The number of halogens is 1. The van der Waals surface area contributed by atoms with Gasteiger partial charge < -0.3 is 15.2 Å². The van der Waals surface area contributed by atoms with Crippen molar-refractivity contribution in [2.75, 3.05) is 24.7 Å². The average molecular weight is 375 g/mol. The van der Waals surface area contributed by atoms with E-state index in [9.17, 15) is 4.79 Å². The van der Waals surface area contributed by atoms with Crippen molar-refractivity contribution in [2.24, 2.45) is 0 Å². The van der Waals surface area contributed by atoms with Gasteiger partial charge in [0.15, 0.2) is 5.16 Å². The molecule has 2 aromatic carbocycles. The number of benzene rings is 2. The molecule has 0 spiro atoms. The molecule has 1 amide bonds. The fraction of sp³-hybridized carbons (Fsp3) is 0.222. The smallest absolute Gasteiger partial charge is 0.230 e. The molecule has 0 atom stereocenters. The zero-order valence-electron chi connectivity index (χ0n) is 14.0. The van der Waals surface area contributed by atoms with Gasteiger partial charge in [0.1, 0.15) is 0 Å². The Morgan fingerprint density at radius 1 is 1.24 bits per heavy atom. The maximum atomic E-state index is 12.0. The highest BCUT2D eigenvalue weighted by atomic mass is 35.5. The summed E-state index contributed by atoms with van der Waals surface area (Å²) in [5.41, 5.74) is 3.92. The Morgan fingerprint density at radius 3 is 2.72 bits per heavy atom. The molecule has 0 aliphatic heterocycles. The van der Waals surface area contributed by atoms with Crippen molar-refractivity contribution >= 4 is 46.0 Å². The molecule has 25 heavy (non-hydrogen) atoms. The first kappa shape index (κ1) is 17.6. The van der Waals surface area contributed by atoms with Gasteiger partial charge in [0.05, 0.1) is 16.8 Å². The Morgan fingerprint density at radius 2 is 2.00 bits per heavy atom. The molecule has 0 aliphatic rings. The number of amides is 1. The van der Waals surface area contributed by atoms with Crippen LogP contribution in [0.5, 0.6) is 0 Å². The number of thioether (sulfide) groups is 1. The minimum absolute atomic E-state index is 0.0276. The van der Waals surface area contributed by atoms with E-state index in [2.05, 4.69) is 15.3 Å². The van der Waals surface area contributed by atoms with Gasteiger partial charge in [-0.15, -0.1) is 0 Å². The van der Waals surface area contributed by atoms with E-state index in [-0.39, 0.29) is 5.91 Å². The van der Waals surface area contributed by atoms with Crippen molar-refractivity contribution in [3.05, 3.63) is 53.1 Å². The SMILES string of the molecule is CN(C)c1ccc(CNC(=O)CSc2nc3ccc(Cl)cc3[nH]2)cc1. The number of aromatic amines is 1. The number of hydrogen-bond donors (Lipinski definition) is 2. The molecule has 5 nitrogen and oxygen atoms in total. The van der Waals surface area contributed by atoms with E-state index >= 15 is 0 Å². The molecule has 1 aromatic heterocycles. The van der Waals surface area contributed by atoms with Gasteiger partial charge in [0.25, 0.3) is 0 Å². The molecule has 0 fully saturated rings. The molecule has 130 valence electrons. The third kappa shape index (κ3) is 4.67. The van der Waals surface area contributed by atoms with E-state index in [0.717, 1.165) is 22.3 Å². The second kappa shape index (κ2) is 7.80. The normalized spacial score (nSPS) is 10.8. The van der Waals surface area contributed by atoms with Crippen molar-refractivity contribution in [3.63, 3.8) is 0 Å². The number of carbonyl (C=O) groups excluding carboxylic acids is 1. The van der Waals surface area contributed by atoms with Gasteiger partial charge in [-0.1, -0.05) is 35.5 Å². The van der Waals surface area contributed by atoms with Gasteiger partial charge in [-0.25, -0.2) is 4.98 Å². The van der Waals surface area contributed by atoms with Gasteiger partial charge in [0, 0.05) is 31.4 Å². The maximum Gasteiger partial charge on any atom is 0.230 e. The fourth-order valence-corrected chi connectivity index (χ4v) is 3.21. The van der Waals surface area contributed by atoms with Crippen molar-refractivity contribution in [1.82, 2.24) is 15.3 Å². The van der Waals surface area contributed by atoms with Crippen LogP contribution in [0.15, 0.2) is 47.6 Å². The molecule has 0 aliphatic carbocycles. The first-order valence-corrected chi connectivity index (χ1v) is 9.18. The lowest BCUT2D eigenvalue weighted by molar-refractivity contribution is -0.118. The number of nitrogens with zero attached hydrogens (tertiary/aromatic N) is 2. The monoisotopic (exact) mass is 374 g/mol. The minimum Gasteiger partial charge on any atom is -0.378 e. The molecule has 0 saturated heterocycles. The molecule has 0 unspecified atom stereocenters. The number of hydrogen-bond acceptors (Lipinski definition) is 4. The first-order chi connectivity index (χ1) is 12.0. The summed E-state index contributed by atoms with van der Waals surface area (Å²) in [5, 5.41) is 4.29. The Hall–Kier alpha value is -2.18. The molecule has 3 rings (SSSR count). The molecule has 2 N–H and O–H groups in total. The van der Waals surface area contributed by atoms with Crippen LogP contribution in [-0.4, -0.2) is 35.7 Å². The molecule has 0 radical (unpaired) electrons. The van der Waals surface area contributed by atoms with Gasteiger partial charge in [0.2, 0.25) is 5.91 Å². The number of fused-ring (bicyclic) bond motifs is 1. The van der Waals surface area contributed by atoms with Crippen LogP contribution in [0, 0.1) is 0 Å². The summed E-state index contributed by atoms with van der Waals surface area (Å²) in [7, 11) is 4.00. The number of H-pyrrole nitrogens is 1. The van der Waals surface area contributed by atoms with Gasteiger partial charge in [-0.3, -0.25) is 4.79 Å². The highest BCUT2D eigenvalue weighted by Gasteiger charge is 2.07. The molecule has 7 heteroatoms. The number of carbonyl (C=O) groups is 1. The minimum atomic E-state index is -0.0276. The number of nitrogens with one attached hydrogen (secondary N) is 2. The van der Waals surface area contributed by atoms with Crippen molar-refractivity contribution < 1.29 is 4.79 Å². The Labute approximate surface area is 155 Å². The quantitative estimate of drug-likeness (QED) is 0.646. The van der Waals surface area contributed by atoms with Gasteiger partial charge in [-0.05, 0) is 35.9 Å². The van der Waals surface area contributed by atoms with E-state index in [1.165, 1.54) is 11.8 Å². The predicted molar refractivity (Wildman–Crippen MR) is 104 cm³/mol. The summed E-state index contributed by atoms with van der Waals surface area (Å²) in [6.45, 7) is 0.517. The third-order valence-corrected chi connectivity index (χ3v) is 4.81. The molecule has 3 aromatic rings. The largest absolute Gasteiger partial charge is 0.378 e. The number of aromatic nitrogens is 2. The van der Waals surface area contributed by atoms with E-state index in [0.29, 0.717) is 22.5 Å². The van der Waals surface area contributed by atoms with Crippen LogP contribution >= 0.6 is 23.4 Å². The number of rotatable bonds is 6. The summed E-state index contributed by atoms with van der Waals surface area (Å²) in [6, 6.07) is 13.6. The molecular weight excluding hydrogens is 356 g/mol. The summed E-state index contributed by atoms with van der Waals surface area (Å²) in [6.07, 6.45) is 0. The molecule has 1 heterocycles. The van der Waals surface area contributed by atoms with Crippen LogP contribution in [-0.2, 0) is 11.3 Å². The zero-order valence-corrected chi connectivity index (χ0v) is 15.6. The van der Waals surface area contributed by atoms with Gasteiger partial charge >= 0.3 is 0 Å². The Balaban J connectivity index is 1.50. The second-order valence-corrected chi connectivity index (χ2v) is 7.23. The Kier molecular flexibility index (Phi) is 5.50. The topological polar surface area (TPSA) is 61.0 Å². The van der Waals surface area contributed by atoms with Crippen LogP contribution in [0.25, 0.3) is 11.0 Å². The standard InChI is InChI=1S/C18H19ClN4OS/c1-23(2)14-6-3-12(4-7-14)10-20-17(24)11-25-18-21-15-8-5-13(19)9-16(15)22-18/h3-9H,10-11H2,1-2H3,(H,20,24)(H,21,22). The zero-order chi connectivity index (χ0) is 17.8. The van der Waals surface area contributed by atoms with E-state index in [1.54, 1.807) is 6.07 Å². The predicted octanol–water partition coefficient (Wildman–Crippen LogP) is 3.69. The molecular formula is C18H19ClN4OS. The van der Waals surface area contributed by atoms with Gasteiger partial charge in [-0.2, -0.15) is 0 Å². The summed E-state index contributed by atoms with van der Waals surface area (Å²) in [4.78, 5) is 21.7. The summed E-state index contributed by atoms with van der Waals surface area (Å²) in [5.74, 6) is 0.281. The van der Waals surface area contributed by atoms with Crippen LogP contribution in [0.4, 0.5) is 5.69 Å². The first-order valence-electron chi connectivity index (χ1n) is 7.82. The third-order valence-electron chi connectivity index (χ3n) is 3.70. The lowest BCUT2D eigenvalue weighted by atomic mass is 10.2. The van der Waals surface area contributed by atoms with E-state index < -0.39 is 0 Å². The summed E-state index contributed by atoms with van der Waals surface area (Å²) < 4.78 is 0. The van der Waals surface area contributed by atoms with E-state index in [4.69, 9.17) is 11.6 Å². The van der Waals surface area contributed by atoms with E-state index in [1.807, 2.05) is 55.4 Å². The highest BCUT2D eigenvalue weighted by molar-refractivity contribution is 7.99. The lowest BCUT2D eigenvalue weighted by Crippen LogP contribution is -2.24. The van der Waals surface area contributed by atoms with Crippen molar-refractivity contribution in [1.29, 1.82) is 0 Å². The second-order valence-electron chi connectivity index (χ2n) is 5.83. The maximum absolute atomic E-state index is 12.0. The number of imidazole rings is 1. The summed E-state index contributed by atoms with van der Waals surface area (Å²) >= 11 is 7.33. The number of anilines is 1. The lowest BCUT2D eigenvalue weighted by Gasteiger charge is -2.12. The highest BCUT2D eigenvalue weighted by Crippen LogP contribution is 2.22. The van der Waals surface area contributed by atoms with Crippen LogP contribution in [0.3, 0.4) is 0 Å². The molecule has 0 saturated carbocycles. The average Bonchev–Trinajstić information content (AvgIpc) is 3.00. The van der Waals surface area contributed by atoms with Crippen molar-refractivity contribution in [3.8, 4) is 0 Å². The van der Waals surface area contributed by atoms with Crippen LogP contribution in [0.1, 0.15) is 5.56 Å². The van der Waals surface area contributed by atoms with Crippen molar-refractivity contribution in [2.45, 2.75) is 11.7 Å².